The summed E-state index contributed by atoms with van der Waals surface area (Å²) < 4.78 is 0. The Morgan fingerprint density at radius 3 is 2.14 bits per heavy atom. The van der Waals surface area contributed by atoms with Crippen LogP contribution in [0.5, 0.6) is 0 Å². The quantitative estimate of drug-likeness (QED) is 0.332. The molecule has 0 radical (unpaired) electrons. The fourth-order valence-electron chi connectivity index (χ4n) is 3.75. The predicted octanol–water partition coefficient (Wildman–Crippen LogP) is 7.24. The molecule has 4 aromatic rings. The van der Waals surface area contributed by atoms with Gasteiger partial charge in [0.2, 0.25) is 0 Å². The highest BCUT2D eigenvalue weighted by Crippen LogP contribution is 2.34. The summed E-state index contributed by atoms with van der Waals surface area (Å²) in [4.78, 5) is 5.16. The maximum absolute atomic E-state index is 5.16. The van der Waals surface area contributed by atoms with Crippen molar-refractivity contribution in [2.75, 3.05) is 0 Å². The number of aromatic nitrogens is 1. The highest BCUT2D eigenvalue weighted by Gasteiger charge is 2.18. The molecule has 29 heavy (non-hydrogen) atoms. The molecular weight excluding hydrogens is 366 g/mol. The standard InChI is InChI=1S/C27H29NSi/c1-19(2)21-12-9-13-22(16-21)27-25(20-10-7-6-8-11-20)18-23-17-24(29(3,4)5)14-15-26(23)28-27/h6-19H,1-5H3. The Bertz CT molecular complexity index is 1150. The number of benzene rings is 3. The van der Waals surface area contributed by atoms with E-state index in [1.54, 1.807) is 0 Å². The maximum Gasteiger partial charge on any atom is 0.0788 e. The van der Waals surface area contributed by atoms with Crippen molar-refractivity contribution in [2.45, 2.75) is 39.4 Å². The van der Waals surface area contributed by atoms with Crippen molar-refractivity contribution in [2.24, 2.45) is 0 Å². The third-order valence-corrected chi connectivity index (χ3v) is 7.64. The van der Waals surface area contributed by atoms with Gasteiger partial charge < -0.3 is 0 Å². The van der Waals surface area contributed by atoms with E-state index in [4.69, 9.17) is 4.98 Å². The summed E-state index contributed by atoms with van der Waals surface area (Å²) in [5.74, 6) is 0.495. The van der Waals surface area contributed by atoms with Gasteiger partial charge in [0.1, 0.15) is 0 Å². The van der Waals surface area contributed by atoms with Crippen LogP contribution in [0.4, 0.5) is 0 Å². The summed E-state index contributed by atoms with van der Waals surface area (Å²) in [6, 6.07) is 28.6. The zero-order chi connectivity index (χ0) is 20.6. The van der Waals surface area contributed by atoms with Gasteiger partial charge in [-0.2, -0.15) is 0 Å². The van der Waals surface area contributed by atoms with Gasteiger partial charge in [-0.15, -0.1) is 0 Å². The minimum Gasteiger partial charge on any atom is -0.247 e. The van der Waals surface area contributed by atoms with Crippen molar-refractivity contribution in [1.29, 1.82) is 0 Å². The molecule has 0 aliphatic rings. The van der Waals surface area contributed by atoms with Crippen LogP contribution >= 0.6 is 0 Å². The lowest BCUT2D eigenvalue weighted by Crippen LogP contribution is -2.37. The first-order chi connectivity index (χ1) is 13.8. The Morgan fingerprint density at radius 1 is 0.724 bits per heavy atom. The van der Waals surface area contributed by atoms with E-state index in [1.165, 1.54) is 32.8 Å². The molecule has 0 saturated carbocycles. The topological polar surface area (TPSA) is 12.9 Å². The lowest BCUT2D eigenvalue weighted by molar-refractivity contribution is 0.867. The first-order valence-electron chi connectivity index (χ1n) is 10.4. The first kappa shape index (κ1) is 19.6. The smallest absolute Gasteiger partial charge is 0.0788 e. The SMILES string of the molecule is CC(C)c1cccc(-c2nc3ccc([Si](C)(C)C)cc3cc2-c2ccccc2)c1. The summed E-state index contributed by atoms with van der Waals surface area (Å²) in [6.45, 7) is 11.7. The van der Waals surface area contributed by atoms with Gasteiger partial charge in [0.25, 0.3) is 0 Å². The van der Waals surface area contributed by atoms with Crippen molar-refractivity contribution in [1.82, 2.24) is 4.98 Å². The Hall–Kier alpha value is -2.71. The second-order valence-electron chi connectivity index (χ2n) is 9.19. The summed E-state index contributed by atoms with van der Waals surface area (Å²) in [5, 5.41) is 2.70. The van der Waals surface area contributed by atoms with Crippen LogP contribution in [0.3, 0.4) is 0 Å². The van der Waals surface area contributed by atoms with Gasteiger partial charge in [-0.05, 0) is 35.2 Å². The van der Waals surface area contributed by atoms with Crippen LogP contribution in [0.25, 0.3) is 33.3 Å². The molecule has 1 nitrogen and oxygen atoms in total. The van der Waals surface area contributed by atoms with E-state index in [2.05, 4.69) is 112 Å². The molecule has 0 aliphatic heterocycles. The number of rotatable bonds is 4. The molecule has 0 fully saturated rings. The Balaban J connectivity index is 1.99. The van der Waals surface area contributed by atoms with Crippen LogP contribution in [0.1, 0.15) is 25.3 Å². The molecule has 0 aliphatic carbocycles. The highest BCUT2D eigenvalue weighted by atomic mass is 28.3. The molecule has 0 spiro atoms. The van der Waals surface area contributed by atoms with E-state index >= 15 is 0 Å². The summed E-state index contributed by atoms with van der Waals surface area (Å²) in [5.41, 5.74) is 7.07. The second-order valence-corrected chi connectivity index (χ2v) is 14.3. The predicted molar refractivity (Wildman–Crippen MR) is 130 cm³/mol. The fraction of sp³-hybridized carbons (Fsp3) is 0.222. The van der Waals surface area contributed by atoms with E-state index in [-0.39, 0.29) is 0 Å². The molecule has 1 heterocycles. The molecule has 0 N–H and O–H groups in total. The van der Waals surface area contributed by atoms with E-state index in [0.717, 1.165) is 11.2 Å². The van der Waals surface area contributed by atoms with Crippen molar-refractivity contribution in [3.05, 3.63) is 84.4 Å². The third-order valence-electron chi connectivity index (χ3n) is 5.59. The maximum atomic E-state index is 5.16. The number of fused-ring (bicyclic) bond motifs is 1. The van der Waals surface area contributed by atoms with E-state index in [9.17, 15) is 0 Å². The molecule has 2 heteroatoms. The number of pyridine rings is 1. The van der Waals surface area contributed by atoms with Crippen LogP contribution in [0, 0.1) is 0 Å². The molecule has 4 rings (SSSR count). The number of hydrogen-bond donors (Lipinski definition) is 0. The molecule has 146 valence electrons. The van der Waals surface area contributed by atoms with Crippen LogP contribution in [0.2, 0.25) is 19.6 Å². The largest absolute Gasteiger partial charge is 0.247 e. The Labute approximate surface area is 175 Å². The van der Waals surface area contributed by atoms with Gasteiger partial charge in [-0.1, -0.05) is 99.3 Å². The normalized spacial score (nSPS) is 11.9. The average Bonchev–Trinajstić information content (AvgIpc) is 2.72. The third kappa shape index (κ3) is 4.04. The zero-order valence-electron chi connectivity index (χ0n) is 18.0. The lowest BCUT2D eigenvalue weighted by atomic mass is 9.94. The summed E-state index contributed by atoms with van der Waals surface area (Å²) in [7, 11) is -1.37. The van der Waals surface area contributed by atoms with Crippen molar-refractivity contribution < 1.29 is 0 Å². The lowest BCUT2D eigenvalue weighted by Gasteiger charge is -2.18. The Kier molecular flexibility index (Phi) is 5.14. The molecule has 0 amide bonds. The van der Waals surface area contributed by atoms with Gasteiger partial charge in [0, 0.05) is 16.5 Å². The minimum absolute atomic E-state index is 0.495. The van der Waals surface area contributed by atoms with Gasteiger partial charge in [-0.3, -0.25) is 0 Å². The van der Waals surface area contributed by atoms with Gasteiger partial charge in [-0.25, -0.2) is 4.98 Å². The molecule has 0 saturated heterocycles. The van der Waals surface area contributed by atoms with Crippen molar-refractivity contribution in [3.63, 3.8) is 0 Å². The van der Waals surface area contributed by atoms with E-state index in [1.807, 2.05) is 0 Å². The van der Waals surface area contributed by atoms with Crippen molar-refractivity contribution >= 4 is 24.2 Å². The zero-order valence-corrected chi connectivity index (χ0v) is 19.0. The van der Waals surface area contributed by atoms with Gasteiger partial charge >= 0.3 is 0 Å². The first-order valence-corrected chi connectivity index (χ1v) is 13.9. The van der Waals surface area contributed by atoms with Crippen LogP contribution in [-0.4, -0.2) is 13.1 Å². The molecule has 0 unspecified atom stereocenters. The van der Waals surface area contributed by atoms with Crippen LogP contribution in [-0.2, 0) is 0 Å². The second kappa shape index (κ2) is 7.60. The summed E-state index contributed by atoms with van der Waals surface area (Å²) >= 11 is 0. The number of hydrogen-bond acceptors (Lipinski definition) is 1. The number of nitrogens with zero attached hydrogens (tertiary/aromatic N) is 1. The van der Waals surface area contributed by atoms with Gasteiger partial charge in [0.15, 0.2) is 0 Å². The van der Waals surface area contributed by atoms with Gasteiger partial charge in [0.05, 0.1) is 19.3 Å². The minimum atomic E-state index is -1.37. The molecule has 0 bridgehead atoms. The van der Waals surface area contributed by atoms with Crippen LogP contribution < -0.4 is 5.19 Å². The van der Waals surface area contributed by atoms with E-state index < -0.39 is 8.07 Å². The Morgan fingerprint density at radius 2 is 1.45 bits per heavy atom. The van der Waals surface area contributed by atoms with Crippen LogP contribution in [0.15, 0.2) is 78.9 Å². The van der Waals surface area contributed by atoms with Crippen molar-refractivity contribution in [3.8, 4) is 22.4 Å². The average molecular weight is 396 g/mol. The van der Waals surface area contributed by atoms with E-state index in [0.29, 0.717) is 5.92 Å². The molecular formula is C27H29NSi. The molecule has 3 aromatic carbocycles. The fourth-order valence-corrected chi connectivity index (χ4v) is 4.92. The molecule has 1 aromatic heterocycles. The molecule has 0 atom stereocenters. The highest BCUT2D eigenvalue weighted by molar-refractivity contribution is 6.88. The summed E-state index contributed by atoms with van der Waals surface area (Å²) in [6.07, 6.45) is 0. The monoisotopic (exact) mass is 395 g/mol.